The minimum absolute atomic E-state index is 0.122. The maximum absolute atomic E-state index is 9.05. The van der Waals surface area contributed by atoms with Crippen LogP contribution in [0, 0.1) is 11.3 Å². The van der Waals surface area contributed by atoms with Crippen molar-refractivity contribution in [1.29, 1.82) is 5.26 Å². The van der Waals surface area contributed by atoms with Crippen molar-refractivity contribution in [3.63, 3.8) is 0 Å². The molecule has 0 saturated carbocycles. The molecule has 0 fully saturated rings. The minimum Gasteiger partial charge on any atom is -0.396 e. The summed E-state index contributed by atoms with van der Waals surface area (Å²) in [5.41, 5.74) is 1.77. The average molecular weight is 318 g/mol. The highest BCUT2D eigenvalue weighted by molar-refractivity contribution is 9.58. The van der Waals surface area contributed by atoms with Gasteiger partial charge in [0.05, 0.1) is 24.8 Å². The average Bonchev–Trinajstić information content (AvgIpc) is 2.30. The number of nitriles is 1. The predicted octanol–water partition coefficient (Wildman–Crippen LogP) is 2.16. The second-order valence-electron chi connectivity index (χ2n) is 3.75. The van der Waals surface area contributed by atoms with Gasteiger partial charge in [-0.1, -0.05) is 12.1 Å². The molecule has 0 aromatic heterocycles. The molecule has 0 heterocycles. The summed E-state index contributed by atoms with van der Waals surface area (Å²) in [6, 6.07) is 9.52. The zero-order chi connectivity index (χ0) is 12.7. The van der Waals surface area contributed by atoms with Crippen LogP contribution >= 0.6 is 23.3 Å². The van der Waals surface area contributed by atoms with Crippen LogP contribution in [0.1, 0.15) is 11.1 Å². The molecule has 0 atom stereocenters. The second-order valence-corrected chi connectivity index (χ2v) is 10.9. The van der Waals surface area contributed by atoms with Gasteiger partial charge in [-0.15, -0.1) is 0 Å². The van der Waals surface area contributed by atoms with Gasteiger partial charge in [0.25, 0.3) is 0 Å². The molecule has 1 rings (SSSR count). The van der Waals surface area contributed by atoms with E-state index < -0.39 is 8.46 Å². The van der Waals surface area contributed by atoms with Crippen LogP contribution in [0.25, 0.3) is 0 Å². The molecule has 0 saturated heterocycles. The fourth-order valence-corrected chi connectivity index (χ4v) is 5.15. The predicted molar refractivity (Wildman–Crippen MR) is 75.3 cm³/mol. The number of aliphatic hydroxyl groups excluding tert-OH is 2. The van der Waals surface area contributed by atoms with Crippen LogP contribution in [0.15, 0.2) is 24.3 Å². The van der Waals surface area contributed by atoms with Crippen LogP contribution in [-0.2, 0) is 5.75 Å². The first-order valence-electron chi connectivity index (χ1n) is 5.30. The van der Waals surface area contributed by atoms with Crippen LogP contribution in [0.4, 0.5) is 0 Å². The SMILES string of the molecule is N#Cc1ccc(CS(Br)(CCO)CCO)cc1. The van der Waals surface area contributed by atoms with Gasteiger partial charge >= 0.3 is 0 Å². The molecule has 0 aliphatic carbocycles. The van der Waals surface area contributed by atoms with Crippen molar-refractivity contribution in [2.45, 2.75) is 5.75 Å². The van der Waals surface area contributed by atoms with Crippen molar-refractivity contribution < 1.29 is 10.2 Å². The summed E-state index contributed by atoms with van der Waals surface area (Å²) in [4.78, 5) is 0. The first-order valence-corrected chi connectivity index (χ1v) is 9.28. The number of benzene rings is 1. The quantitative estimate of drug-likeness (QED) is 0.845. The summed E-state index contributed by atoms with van der Waals surface area (Å²) in [6.07, 6.45) is 0. The van der Waals surface area contributed by atoms with Crippen LogP contribution in [0.2, 0.25) is 0 Å². The Morgan fingerprint density at radius 3 is 2.06 bits per heavy atom. The molecule has 1 aromatic carbocycles. The van der Waals surface area contributed by atoms with E-state index in [1.807, 2.05) is 12.1 Å². The van der Waals surface area contributed by atoms with E-state index in [4.69, 9.17) is 15.5 Å². The van der Waals surface area contributed by atoms with Gasteiger partial charge in [-0.3, -0.25) is 0 Å². The second kappa shape index (κ2) is 7.02. The number of nitrogens with zero attached hydrogens (tertiary/aromatic N) is 1. The first-order chi connectivity index (χ1) is 8.13. The largest absolute Gasteiger partial charge is 0.396 e. The Bertz CT molecular complexity index is 382. The van der Waals surface area contributed by atoms with Gasteiger partial charge in [0.15, 0.2) is 0 Å². The van der Waals surface area contributed by atoms with Crippen molar-refractivity contribution >= 4 is 23.3 Å². The highest BCUT2D eigenvalue weighted by Gasteiger charge is 2.20. The van der Waals surface area contributed by atoms with E-state index in [1.165, 1.54) is 0 Å². The molecular weight excluding hydrogens is 302 g/mol. The van der Waals surface area contributed by atoms with E-state index in [1.54, 1.807) is 12.1 Å². The fourth-order valence-electron chi connectivity index (χ4n) is 1.55. The Hall–Kier alpha value is -0.540. The lowest BCUT2D eigenvalue weighted by atomic mass is 10.2. The standard InChI is InChI=1S/C12H16BrNO2S/c13-17(7-5-15,8-6-16)10-12-3-1-11(9-14)2-4-12/h1-4,15-16H,5-8,10H2. The van der Waals surface area contributed by atoms with Gasteiger partial charge in [0, 0.05) is 17.3 Å². The van der Waals surface area contributed by atoms with Gasteiger partial charge in [-0.05, 0) is 32.5 Å². The van der Waals surface area contributed by atoms with Crippen molar-refractivity contribution in [2.75, 3.05) is 24.7 Å². The molecule has 94 valence electrons. The lowest BCUT2D eigenvalue weighted by Gasteiger charge is -2.32. The Morgan fingerprint density at radius 2 is 1.65 bits per heavy atom. The molecular formula is C12H16BrNO2S. The molecule has 0 amide bonds. The molecule has 2 N–H and O–H groups in total. The summed E-state index contributed by atoms with van der Waals surface area (Å²) in [5, 5.41) is 26.8. The maximum Gasteiger partial charge on any atom is 0.0991 e. The number of halogens is 1. The normalized spacial score (nSPS) is 12.1. The van der Waals surface area contributed by atoms with Gasteiger partial charge in [-0.25, -0.2) is 0 Å². The zero-order valence-electron chi connectivity index (χ0n) is 9.47. The Morgan fingerprint density at radius 1 is 1.12 bits per heavy atom. The lowest BCUT2D eigenvalue weighted by molar-refractivity contribution is 0.317. The Labute approximate surface area is 111 Å². The molecule has 5 heteroatoms. The lowest BCUT2D eigenvalue weighted by Crippen LogP contribution is -2.11. The third-order valence-corrected chi connectivity index (χ3v) is 7.73. The number of rotatable bonds is 6. The maximum atomic E-state index is 9.05. The van der Waals surface area contributed by atoms with Crippen LogP contribution in [0.3, 0.4) is 0 Å². The third-order valence-electron chi connectivity index (χ3n) is 2.42. The van der Waals surface area contributed by atoms with Crippen molar-refractivity contribution in [3.8, 4) is 6.07 Å². The van der Waals surface area contributed by atoms with Crippen LogP contribution < -0.4 is 0 Å². The number of hydrogen-bond donors (Lipinski definition) is 2. The first kappa shape index (κ1) is 14.5. The Kier molecular flexibility index (Phi) is 6.00. The van der Waals surface area contributed by atoms with E-state index in [2.05, 4.69) is 20.9 Å². The Balaban J connectivity index is 2.75. The summed E-state index contributed by atoms with van der Waals surface area (Å²) in [5.74, 6) is 2.15. The van der Waals surface area contributed by atoms with Gasteiger partial charge in [-0.2, -0.15) is 13.7 Å². The molecule has 0 spiro atoms. The van der Waals surface area contributed by atoms with Gasteiger partial charge in [0.1, 0.15) is 0 Å². The highest BCUT2D eigenvalue weighted by Crippen LogP contribution is 2.57. The zero-order valence-corrected chi connectivity index (χ0v) is 11.9. The van der Waals surface area contributed by atoms with E-state index in [9.17, 15) is 0 Å². The fraction of sp³-hybridized carbons (Fsp3) is 0.417. The van der Waals surface area contributed by atoms with E-state index in [-0.39, 0.29) is 13.2 Å². The molecule has 0 radical (unpaired) electrons. The molecule has 0 aliphatic heterocycles. The van der Waals surface area contributed by atoms with E-state index in [0.29, 0.717) is 17.1 Å². The summed E-state index contributed by atoms with van der Waals surface area (Å²) in [6.45, 7) is 0.244. The van der Waals surface area contributed by atoms with Crippen molar-refractivity contribution in [3.05, 3.63) is 35.4 Å². The van der Waals surface area contributed by atoms with E-state index in [0.717, 1.165) is 11.3 Å². The summed E-state index contributed by atoms with van der Waals surface area (Å²) >= 11 is 3.68. The molecule has 0 aliphatic rings. The molecule has 1 aromatic rings. The number of hydrogen-bond acceptors (Lipinski definition) is 3. The third kappa shape index (κ3) is 4.68. The summed E-state index contributed by atoms with van der Waals surface area (Å²) in [7, 11) is -1.18. The number of aliphatic hydroxyl groups is 2. The van der Waals surface area contributed by atoms with Crippen LogP contribution in [0.5, 0.6) is 0 Å². The van der Waals surface area contributed by atoms with Gasteiger partial charge in [0.2, 0.25) is 0 Å². The summed E-state index contributed by atoms with van der Waals surface area (Å²) < 4.78 is 0. The molecule has 3 nitrogen and oxygen atoms in total. The monoisotopic (exact) mass is 317 g/mol. The molecule has 0 bridgehead atoms. The van der Waals surface area contributed by atoms with Crippen molar-refractivity contribution in [2.24, 2.45) is 0 Å². The highest BCUT2D eigenvalue weighted by atomic mass is 79.9. The molecule has 17 heavy (non-hydrogen) atoms. The van der Waals surface area contributed by atoms with Crippen molar-refractivity contribution in [1.82, 2.24) is 0 Å². The minimum atomic E-state index is -1.18. The van der Waals surface area contributed by atoms with Gasteiger partial charge < -0.3 is 10.2 Å². The molecule has 0 unspecified atom stereocenters. The van der Waals surface area contributed by atoms with E-state index >= 15 is 0 Å². The topological polar surface area (TPSA) is 64.2 Å². The van der Waals surface area contributed by atoms with Crippen LogP contribution in [-0.4, -0.2) is 34.9 Å². The smallest absolute Gasteiger partial charge is 0.0991 e.